The van der Waals surface area contributed by atoms with Gasteiger partial charge in [0.1, 0.15) is 5.82 Å². The standard InChI is InChI=1S/C14H22ClN3/c15-13-8-4-10-17-14(13)18(11-5-9-16)12-6-2-1-3-7-12/h4,8,10,12H,1-3,5-7,9,11,16H2. The molecule has 0 bridgehead atoms. The number of aromatic nitrogens is 1. The predicted octanol–water partition coefficient (Wildman–Crippen LogP) is 3.22. The lowest BCUT2D eigenvalue weighted by Gasteiger charge is -2.35. The van der Waals surface area contributed by atoms with Crippen molar-refractivity contribution in [2.24, 2.45) is 5.73 Å². The lowest BCUT2D eigenvalue weighted by molar-refractivity contribution is 0.411. The van der Waals surface area contributed by atoms with Crippen LogP contribution in [0.25, 0.3) is 0 Å². The molecular formula is C14H22ClN3. The van der Waals surface area contributed by atoms with Crippen LogP contribution < -0.4 is 10.6 Å². The highest BCUT2D eigenvalue weighted by molar-refractivity contribution is 6.32. The molecule has 1 aromatic rings. The van der Waals surface area contributed by atoms with Gasteiger partial charge in [-0.2, -0.15) is 0 Å². The number of halogens is 1. The van der Waals surface area contributed by atoms with Crippen molar-refractivity contribution in [2.75, 3.05) is 18.0 Å². The summed E-state index contributed by atoms with van der Waals surface area (Å²) in [6, 6.07) is 4.38. The number of hydrogen-bond acceptors (Lipinski definition) is 3. The maximum atomic E-state index is 6.28. The molecule has 0 radical (unpaired) electrons. The van der Waals surface area contributed by atoms with Gasteiger partial charge in [0.25, 0.3) is 0 Å². The van der Waals surface area contributed by atoms with E-state index in [4.69, 9.17) is 17.3 Å². The van der Waals surface area contributed by atoms with Crippen molar-refractivity contribution in [2.45, 2.75) is 44.6 Å². The average molecular weight is 268 g/mol. The molecule has 0 atom stereocenters. The quantitative estimate of drug-likeness (QED) is 0.891. The number of nitrogens with two attached hydrogens (primary N) is 1. The Kier molecular flexibility index (Phi) is 5.26. The molecule has 1 aromatic heterocycles. The summed E-state index contributed by atoms with van der Waals surface area (Å²) >= 11 is 6.28. The highest BCUT2D eigenvalue weighted by Crippen LogP contribution is 2.30. The van der Waals surface area contributed by atoms with Crippen LogP contribution in [0.2, 0.25) is 5.02 Å². The molecule has 0 amide bonds. The third kappa shape index (κ3) is 3.36. The molecule has 0 saturated heterocycles. The number of nitrogens with zero attached hydrogens (tertiary/aromatic N) is 2. The summed E-state index contributed by atoms with van der Waals surface area (Å²) in [6.07, 6.45) is 9.29. The molecule has 0 aliphatic heterocycles. The van der Waals surface area contributed by atoms with Crippen LogP contribution in [0.15, 0.2) is 18.3 Å². The maximum absolute atomic E-state index is 6.28. The topological polar surface area (TPSA) is 42.1 Å². The van der Waals surface area contributed by atoms with E-state index in [9.17, 15) is 0 Å². The second-order valence-electron chi connectivity index (χ2n) is 4.94. The lowest BCUT2D eigenvalue weighted by atomic mass is 9.94. The van der Waals surface area contributed by atoms with Gasteiger partial charge in [0.2, 0.25) is 0 Å². The first-order chi connectivity index (χ1) is 8.83. The second-order valence-corrected chi connectivity index (χ2v) is 5.34. The second kappa shape index (κ2) is 6.95. The van der Waals surface area contributed by atoms with E-state index in [0.717, 1.165) is 23.8 Å². The summed E-state index contributed by atoms with van der Waals surface area (Å²) in [5, 5.41) is 0.750. The third-order valence-electron chi connectivity index (χ3n) is 3.63. The Hall–Kier alpha value is -0.800. The van der Waals surface area contributed by atoms with E-state index in [0.29, 0.717) is 12.6 Å². The molecule has 1 saturated carbocycles. The minimum absolute atomic E-state index is 0.581. The van der Waals surface area contributed by atoms with Gasteiger partial charge in [-0.15, -0.1) is 0 Å². The molecule has 2 N–H and O–H groups in total. The SMILES string of the molecule is NCCCN(c1ncccc1Cl)C1CCCCC1. The van der Waals surface area contributed by atoms with E-state index in [1.807, 2.05) is 18.3 Å². The van der Waals surface area contributed by atoms with Gasteiger partial charge in [0.05, 0.1) is 5.02 Å². The first kappa shape index (κ1) is 13.6. The van der Waals surface area contributed by atoms with Gasteiger partial charge < -0.3 is 10.6 Å². The van der Waals surface area contributed by atoms with Crippen molar-refractivity contribution < 1.29 is 0 Å². The van der Waals surface area contributed by atoms with Crippen molar-refractivity contribution >= 4 is 17.4 Å². The van der Waals surface area contributed by atoms with Crippen molar-refractivity contribution in [3.8, 4) is 0 Å². The van der Waals surface area contributed by atoms with E-state index < -0.39 is 0 Å². The van der Waals surface area contributed by atoms with Gasteiger partial charge >= 0.3 is 0 Å². The van der Waals surface area contributed by atoms with Crippen molar-refractivity contribution in [3.05, 3.63) is 23.4 Å². The minimum Gasteiger partial charge on any atom is -0.352 e. The molecule has 4 heteroatoms. The van der Waals surface area contributed by atoms with Gasteiger partial charge in [-0.1, -0.05) is 30.9 Å². The van der Waals surface area contributed by atoms with Crippen LogP contribution in [0, 0.1) is 0 Å². The average Bonchev–Trinajstić information content (AvgIpc) is 2.42. The molecule has 1 aliphatic carbocycles. The van der Waals surface area contributed by atoms with E-state index in [1.54, 1.807) is 0 Å². The van der Waals surface area contributed by atoms with Gasteiger partial charge in [-0.25, -0.2) is 4.98 Å². The Morgan fingerprint density at radius 1 is 1.33 bits per heavy atom. The summed E-state index contributed by atoms with van der Waals surface area (Å²) < 4.78 is 0. The Morgan fingerprint density at radius 2 is 2.11 bits per heavy atom. The summed E-state index contributed by atoms with van der Waals surface area (Å²) in [5.74, 6) is 0.930. The zero-order valence-electron chi connectivity index (χ0n) is 10.8. The molecule has 0 unspecified atom stereocenters. The molecule has 1 aliphatic rings. The van der Waals surface area contributed by atoms with Crippen LogP contribution >= 0.6 is 11.6 Å². The molecular weight excluding hydrogens is 246 g/mol. The van der Waals surface area contributed by atoms with Crippen LogP contribution in [0.5, 0.6) is 0 Å². The highest BCUT2D eigenvalue weighted by atomic mass is 35.5. The van der Waals surface area contributed by atoms with Crippen molar-refractivity contribution in [1.82, 2.24) is 4.98 Å². The van der Waals surface area contributed by atoms with Crippen LogP contribution in [-0.2, 0) is 0 Å². The Morgan fingerprint density at radius 3 is 2.78 bits per heavy atom. The molecule has 2 rings (SSSR count). The zero-order valence-corrected chi connectivity index (χ0v) is 11.6. The fourth-order valence-electron chi connectivity index (χ4n) is 2.70. The third-order valence-corrected chi connectivity index (χ3v) is 3.92. The van der Waals surface area contributed by atoms with E-state index in [2.05, 4.69) is 9.88 Å². The summed E-state index contributed by atoms with van der Waals surface area (Å²) in [6.45, 7) is 1.67. The van der Waals surface area contributed by atoms with Gasteiger partial charge in [-0.05, 0) is 37.9 Å². The van der Waals surface area contributed by atoms with E-state index in [-0.39, 0.29) is 0 Å². The summed E-state index contributed by atoms with van der Waals surface area (Å²) in [5.41, 5.74) is 5.64. The highest BCUT2D eigenvalue weighted by Gasteiger charge is 2.23. The molecule has 18 heavy (non-hydrogen) atoms. The Labute approximate surface area is 114 Å². The largest absolute Gasteiger partial charge is 0.352 e. The molecule has 100 valence electrons. The first-order valence-electron chi connectivity index (χ1n) is 6.90. The van der Waals surface area contributed by atoms with Crippen LogP contribution in [0.3, 0.4) is 0 Å². The maximum Gasteiger partial charge on any atom is 0.147 e. The zero-order chi connectivity index (χ0) is 12.8. The predicted molar refractivity (Wildman–Crippen MR) is 77.1 cm³/mol. The van der Waals surface area contributed by atoms with E-state index >= 15 is 0 Å². The normalized spacial score (nSPS) is 16.8. The fraction of sp³-hybridized carbons (Fsp3) is 0.643. The molecule has 1 fully saturated rings. The van der Waals surface area contributed by atoms with Crippen molar-refractivity contribution in [3.63, 3.8) is 0 Å². The van der Waals surface area contributed by atoms with Crippen LogP contribution in [0.4, 0.5) is 5.82 Å². The van der Waals surface area contributed by atoms with E-state index in [1.165, 1.54) is 32.1 Å². The number of rotatable bonds is 5. The molecule has 3 nitrogen and oxygen atoms in total. The number of pyridine rings is 1. The van der Waals surface area contributed by atoms with Crippen LogP contribution in [0.1, 0.15) is 38.5 Å². The monoisotopic (exact) mass is 267 g/mol. The van der Waals surface area contributed by atoms with Gasteiger partial charge in [-0.3, -0.25) is 0 Å². The number of anilines is 1. The van der Waals surface area contributed by atoms with Crippen molar-refractivity contribution in [1.29, 1.82) is 0 Å². The summed E-state index contributed by atoms with van der Waals surface area (Å²) in [7, 11) is 0. The van der Waals surface area contributed by atoms with Gasteiger partial charge in [0, 0.05) is 18.8 Å². The molecule has 0 aromatic carbocycles. The van der Waals surface area contributed by atoms with Crippen LogP contribution in [-0.4, -0.2) is 24.1 Å². The smallest absolute Gasteiger partial charge is 0.147 e. The molecule has 0 spiro atoms. The Balaban J connectivity index is 2.15. The number of hydrogen-bond donors (Lipinski definition) is 1. The molecule has 1 heterocycles. The summed E-state index contributed by atoms with van der Waals surface area (Å²) in [4.78, 5) is 6.83. The Bertz CT molecular complexity index is 364. The fourth-order valence-corrected chi connectivity index (χ4v) is 2.93. The first-order valence-corrected chi connectivity index (χ1v) is 7.28. The lowest BCUT2D eigenvalue weighted by Crippen LogP contribution is -2.39. The van der Waals surface area contributed by atoms with Gasteiger partial charge in [0.15, 0.2) is 0 Å². The minimum atomic E-state index is 0.581.